The molecule has 6 N–H and O–H groups in total. The second kappa shape index (κ2) is 18.7. The van der Waals surface area contributed by atoms with E-state index in [1.54, 1.807) is 37.4 Å². The molecular weight excluding hydrogens is 729 g/mol. The largest absolute Gasteiger partial charge is 0.508 e. The molecule has 1 saturated carbocycles. The molecule has 302 valence electrons. The Balaban J connectivity index is 1.20. The third-order valence-corrected chi connectivity index (χ3v) is 11.6. The average molecular weight is 783 g/mol. The molecule has 3 atom stereocenters. The molecule has 0 aliphatic heterocycles. The SMILES string of the molecule is CNCc1cc(O)cc(C(Cc2ccc(O)c(OC3CCCC3)c2)C(=O)CC(O)C(Cc2cc[nH]c2)Cc2ccc(O)c(OC)c2Cc2cccc3ccccc23)c1. The molecule has 9 nitrogen and oxygen atoms in total. The number of hydrogen-bond donors (Lipinski definition) is 6. The number of H-pyrrole nitrogens is 1. The molecule has 0 amide bonds. The van der Waals surface area contributed by atoms with Crippen LogP contribution in [0.3, 0.4) is 0 Å². The van der Waals surface area contributed by atoms with E-state index in [4.69, 9.17) is 9.47 Å². The summed E-state index contributed by atoms with van der Waals surface area (Å²) < 4.78 is 12.0. The van der Waals surface area contributed by atoms with Gasteiger partial charge in [-0.3, -0.25) is 4.79 Å². The van der Waals surface area contributed by atoms with Crippen LogP contribution in [0, 0.1) is 5.92 Å². The number of ketones is 1. The lowest BCUT2D eigenvalue weighted by Crippen LogP contribution is -2.30. The van der Waals surface area contributed by atoms with Crippen molar-refractivity contribution in [3.63, 3.8) is 0 Å². The standard InChI is InChI=1S/C49H54N2O7/c1-50-29-33-21-37(26-39(52)22-33)42(23-31-14-16-44(53)48(24-31)58-40-11-4-5-12-40)47(56)28-46(55)38(20-32-18-19-51-30-32)25-36-15-17-45(54)49(57-2)43(36)27-35-10-7-9-34-8-3-6-13-41(34)35/h3,6-10,13-19,21-22,24,26,30,38,40,42,46,50-55H,4-5,11-12,20,23,25,27-29H2,1-2H3. The van der Waals surface area contributed by atoms with Crippen LogP contribution in [0.25, 0.3) is 10.8 Å². The minimum atomic E-state index is -1.04. The van der Waals surface area contributed by atoms with Gasteiger partial charge in [0.2, 0.25) is 0 Å². The fourth-order valence-electron chi connectivity index (χ4n) is 8.66. The van der Waals surface area contributed by atoms with Crippen LogP contribution in [0.2, 0.25) is 0 Å². The van der Waals surface area contributed by atoms with Gasteiger partial charge in [-0.25, -0.2) is 0 Å². The Morgan fingerprint density at radius 1 is 0.828 bits per heavy atom. The van der Waals surface area contributed by atoms with Gasteiger partial charge in [0.25, 0.3) is 0 Å². The van der Waals surface area contributed by atoms with E-state index in [0.29, 0.717) is 42.9 Å². The number of fused-ring (bicyclic) bond motifs is 1. The van der Waals surface area contributed by atoms with Crippen molar-refractivity contribution in [3.05, 3.63) is 148 Å². The number of aromatic amines is 1. The average Bonchev–Trinajstić information content (AvgIpc) is 3.94. The van der Waals surface area contributed by atoms with E-state index in [0.717, 1.165) is 69.8 Å². The summed E-state index contributed by atoms with van der Waals surface area (Å²) in [5.74, 6) is -0.311. The number of ether oxygens (including phenoxy) is 2. The normalized spacial score (nSPS) is 14.7. The maximum absolute atomic E-state index is 14.7. The number of methoxy groups -OCH3 is 1. The number of nitrogens with one attached hydrogen (secondary N) is 2. The summed E-state index contributed by atoms with van der Waals surface area (Å²) in [6.07, 6.45) is 8.37. The zero-order valence-electron chi connectivity index (χ0n) is 33.3. The number of aromatic nitrogens is 1. The summed E-state index contributed by atoms with van der Waals surface area (Å²) in [6, 6.07) is 30.4. The van der Waals surface area contributed by atoms with Crippen molar-refractivity contribution in [2.45, 2.75) is 82.5 Å². The van der Waals surface area contributed by atoms with Crippen LogP contribution < -0.4 is 14.8 Å². The number of rotatable bonds is 18. The molecule has 1 heterocycles. The zero-order valence-corrected chi connectivity index (χ0v) is 33.3. The molecule has 1 aliphatic rings. The maximum atomic E-state index is 14.7. The van der Waals surface area contributed by atoms with Crippen LogP contribution in [0.4, 0.5) is 0 Å². The molecular formula is C49H54N2O7. The van der Waals surface area contributed by atoms with Crippen LogP contribution >= 0.6 is 0 Å². The Kier molecular flexibility index (Phi) is 13.0. The van der Waals surface area contributed by atoms with E-state index in [2.05, 4.69) is 34.6 Å². The van der Waals surface area contributed by atoms with Crippen LogP contribution in [0.15, 0.2) is 109 Å². The first-order chi connectivity index (χ1) is 28.2. The van der Waals surface area contributed by atoms with Gasteiger partial charge < -0.3 is 40.2 Å². The number of Topliss-reactive ketones (excluding diaryl/α,β-unsaturated/α-hetero) is 1. The van der Waals surface area contributed by atoms with Crippen LogP contribution in [0.1, 0.15) is 77.0 Å². The highest BCUT2D eigenvalue weighted by atomic mass is 16.5. The molecule has 0 radical (unpaired) electrons. The van der Waals surface area contributed by atoms with Crippen molar-refractivity contribution in [2.24, 2.45) is 5.92 Å². The number of phenols is 3. The minimum Gasteiger partial charge on any atom is -0.508 e. The fraction of sp³-hybridized carbons (Fsp3) is 0.327. The monoisotopic (exact) mass is 782 g/mol. The number of hydrogen-bond acceptors (Lipinski definition) is 8. The summed E-state index contributed by atoms with van der Waals surface area (Å²) >= 11 is 0. The van der Waals surface area contributed by atoms with Crippen molar-refractivity contribution in [1.29, 1.82) is 0 Å². The molecule has 6 aromatic rings. The summed E-state index contributed by atoms with van der Waals surface area (Å²) in [6.45, 7) is 0.499. The van der Waals surface area contributed by atoms with Crippen molar-refractivity contribution in [2.75, 3.05) is 14.2 Å². The Labute approximate surface area is 340 Å². The number of carbonyl (C=O) groups is 1. The van der Waals surface area contributed by atoms with Crippen LogP contribution in [0.5, 0.6) is 28.7 Å². The van der Waals surface area contributed by atoms with Crippen molar-refractivity contribution in [1.82, 2.24) is 10.3 Å². The molecule has 5 aromatic carbocycles. The van der Waals surface area contributed by atoms with Gasteiger partial charge in [-0.05, 0) is 138 Å². The number of aromatic hydroxyl groups is 3. The summed E-state index contributed by atoms with van der Waals surface area (Å²) in [7, 11) is 3.38. The predicted octanol–water partition coefficient (Wildman–Crippen LogP) is 8.67. The molecule has 58 heavy (non-hydrogen) atoms. The van der Waals surface area contributed by atoms with Crippen molar-refractivity contribution >= 4 is 16.6 Å². The van der Waals surface area contributed by atoms with Crippen LogP contribution in [-0.2, 0) is 37.0 Å². The van der Waals surface area contributed by atoms with E-state index in [-0.39, 0.29) is 47.9 Å². The Bertz CT molecular complexity index is 2310. The van der Waals surface area contributed by atoms with Crippen molar-refractivity contribution < 1.29 is 34.7 Å². The first kappa shape index (κ1) is 40.4. The lowest BCUT2D eigenvalue weighted by molar-refractivity contribution is -0.123. The fourth-order valence-corrected chi connectivity index (χ4v) is 8.66. The number of phenolic OH excluding ortho intramolecular Hbond substituents is 3. The molecule has 1 fully saturated rings. The molecule has 0 spiro atoms. The third-order valence-electron chi connectivity index (χ3n) is 11.6. The van der Waals surface area contributed by atoms with E-state index >= 15 is 0 Å². The first-order valence-corrected chi connectivity index (χ1v) is 20.3. The number of aliphatic hydroxyl groups excluding tert-OH is 1. The molecule has 9 heteroatoms. The molecule has 3 unspecified atom stereocenters. The third kappa shape index (κ3) is 9.67. The van der Waals surface area contributed by atoms with Crippen LogP contribution in [-0.4, -0.2) is 57.6 Å². The van der Waals surface area contributed by atoms with E-state index < -0.39 is 12.0 Å². The molecule has 1 aromatic heterocycles. The van der Waals surface area contributed by atoms with Gasteiger partial charge in [0, 0.05) is 43.3 Å². The van der Waals surface area contributed by atoms with E-state index in [1.165, 1.54) is 0 Å². The number of carbonyl (C=O) groups excluding carboxylic acids is 1. The molecule has 0 saturated heterocycles. The molecule has 7 rings (SSSR count). The van der Waals surface area contributed by atoms with E-state index in [9.17, 15) is 25.2 Å². The second-order valence-electron chi connectivity index (χ2n) is 15.7. The van der Waals surface area contributed by atoms with Gasteiger partial charge in [-0.2, -0.15) is 0 Å². The highest BCUT2D eigenvalue weighted by Gasteiger charge is 2.30. The van der Waals surface area contributed by atoms with Gasteiger partial charge >= 0.3 is 0 Å². The maximum Gasteiger partial charge on any atom is 0.164 e. The number of aliphatic hydroxyl groups is 1. The molecule has 0 bridgehead atoms. The van der Waals surface area contributed by atoms with Gasteiger partial charge in [-0.1, -0.05) is 60.7 Å². The number of benzene rings is 5. The van der Waals surface area contributed by atoms with Gasteiger partial charge in [0.05, 0.1) is 19.3 Å². The minimum absolute atomic E-state index is 0.0389. The topological polar surface area (TPSA) is 144 Å². The van der Waals surface area contributed by atoms with Gasteiger partial charge in [0.15, 0.2) is 23.0 Å². The Hall–Kier alpha value is -5.77. The quantitative estimate of drug-likeness (QED) is 0.0509. The smallest absolute Gasteiger partial charge is 0.164 e. The highest BCUT2D eigenvalue weighted by molar-refractivity contribution is 5.87. The Morgan fingerprint density at radius 2 is 1.62 bits per heavy atom. The lowest BCUT2D eigenvalue weighted by atomic mass is 9.80. The summed E-state index contributed by atoms with van der Waals surface area (Å²) in [4.78, 5) is 17.8. The summed E-state index contributed by atoms with van der Waals surface area (Å²) in [5.41, 5.74) is 6.10. The molecule has 1 aliphatic carbocycles. The van der Waals surface area contributed by atoms with Gasteiger partial charge in [-0.15, -0.1) is 0 Å². The predicted molar refractivity (Wildman–Crippen MR) is 227 cm³/mol. The zero-order chi connectivity index (χ0) is 40.6. The first-order valence-electron chi connectivity index (χ1n) is 20.3. The Morgan fingerprint density at radius 3 is 2.40 bits per heavy atom. The van der Waals surface area contributed by atoms with E-state index in [1.807, 2.05) is 61.9 Å². The highest BCUT2D eigenvalue weighted by Crippen LogP contribution is 2.39. The summed E-state index contributed by atoms with van der Waals surface area (Å²) in [5, 5.41) is 50.1. The second-order valence-corrected chi connectivity index (χ2v) is 15.7. The lowest BCUT2D eigenvalue weighted by Gasteiger charge is -2.27. The van der Waals surface area contributed by atoms with Gasteiger partial charge in [0.1, 0.15) is 11.5 Å². The van der Waals surface area contributed by atoms with Crippen molar-refractivity contribution in [3.8, 4) is 28.7 Å².